The number of hydrogen-bond acceptors (Lipinski definition) is 3. The lowest BCUT2D eigenvalue weighted by Crippen LogP contribution is -2.18. The minimum atomic E-state index is -1.07. The predicted molar refractivity (Wildman–Crippen MR) is 68.8 cm³/mol. The van der Waals surface area contributed by atoms with Crippen molar-refractivity contribution in [1.82, 2.24) is 4.98 Å². The summed E-state index contributed by atoms with van der Waals surface area (Å²) in [5.74, 6) is 0.0843. The predicted octanol–water partition coefficient (Wildman–Crippen LogP) is 2.15. The van der Waals surface area contributed by atoms with Crippen LogP contribution in [0, 0.1) is 17.8 Å². The standard InChI is InChI=1S/C14H16N2O3/c17-13(11-8-4-1-2-5-9(8)11)16-12-10(14(18)19)6-3-7-15-12/h3,6-9,11H,1-2,4-5H2,(H,18,19)(H,15,16,17). The molecule has 0 bridgehead atoms. The summed E-state index contributed by atoms with van der Waals surface area (Å²) in [5.41, 5.74) is 0.0412. The smallest absolute Gasteiger partial charge is 0.339 e. The van der Waals surface area contributed by atoms with Crippen LogP contribution >= 0.6 is 0 Å². The number of rotatable bonds is 3. The van der Waals surface area contributed by atoms with Gasteiger partial charge in [-0.05, 0) is 36.8 Å². The van der Waals surface area contributed by atoms with E-state index in [0.717, 1.165) is 12.8 Å². The molecule has 1 aromatic rings. The van der Waals surface area contributed by atoms with E-state index >= 15 is 0 Å². The Morgan fingerprint density at radius 3 is 2.58 bits per heavy atom. The van der Waals surface area contributed by atoms with Crippen LogP contribution in [-0.4, -0.2) is 22.0 Å². The zero-order valence-corrected chi connectivity index (χ0v) is 10.5. The lowest BCUT2D eigenvalue weighted by Gasteiger charge is -2.06. The molecule has 0 aliphatic heterocycles. The van der Waals surface area contributed by atoms with Crippen LogP contribution < -0.4 is 5.32 Å². The average Bonchev–Trinajstić information content (AvgIpc) is 3.13. The number of anilines is 1. The van der Waals surface area contributed by atoms with Crippen molar-refractivity contribution in [1.29, 1.82) is 0 Å². The molecule has 2 aliphatic carbocycles. The third-order valence-corrected chi connectivity index (χ3v) is 4.24. The molecule has 2 fully saturated rings. The third-order valence-electron chi connectivity index (χ3n) is 4.24. The van der Waals surface area contributed by atoms with Gasteiger partial charge in [0.25, 0.3) is 0 Å². The van der Waals surface area contributed by atoms with Crippen molar-refractivity contribution < 1.29 is 14.7 Å². The first-order chi connectivity index (χ1) is 9.18. The Labute approximate surface area is 111 Å². The summed E-state index contributed by atoms with van der Waals surface area (Å²) in [7, 11) is 0. The Morgan fingerprint density at radius 2 is 1.95 bits per heavy atom. The molecule has 1 aromatic heterocycles. The van der Waals surface area contributed by atoms with Gasteiger partial charge in [0.2, 0.25) is 5.91 Å². The van der Waals surface area contributed by atoms with Gasteiger partial charge in [-0.25, -0.2) is 9.78 Å². The zero-order chi connectivity index (χ0) is 13.4. The quantitative estimate of drug-likeness (QED) is 0.872. The van der Waals surface area contributed by atoms with Crippen molar-refractivity contribution >= 4 is 17.7 Å². The Kier molecular flexibility index (Phi) is 2.97. The fraction of sp³-hybridized carbons (Fsp3) is 0.500. The second-order valence-corrected chi connectivity index (χ2v) is 5.33. The molecule has 5 heteroatoms. The van der Waals surface area contributed by atoms with Gasteiger partial charge in [-0.2, -0.15) is 0 Å². The Balaban J connectivity index is 1.72. The van der Waals surface area contributed by atoms with Gasteiger partial charge in [-0.3, -0.25) is 4.79 Å². The molecule has 0 spiro atoms. The molecule has 2 N–H and O–H groups in total. The number of amides is 1. The fourth-order valence-corrected chi connectivity index (χ4v) is 3.26. The number of carboxylic acid groups (broad SMARTS) is 1. The monoisotopic (exact) mass is 260 g/mol. The normalized spacial score (nSPS) is 28.3. The molecule has 2 saturated carbocycles. The van der Waals surface area contributed by atoms with Crippen molar-refractivity contribution in [3.05, 3.63) is 23.9 Å². The van der Waals surface area contributed by atoms with Gasteiger partial charge in [-0.15, -0.1) is 0 Å². The van der Waals surface area contributed by atoms with Crippen molar-refractivity contribution in [2.45, 2.75) is 25.7 Å². The maximum absolute atomic E-state index is 12.2. The summed E-state index contributed by atoms with van der Waals surface area (Å²) in [6.45, 7) is 0. The number of hydrogen-bond donors (Lipinski definition) is 2. The molecule has 1 amide bonds. The summed E-state index contributed by atoms with van der Waals surface area (Å²) in [6, 6.07) is 3.00. The highest BCUT2D eigenvalue weighted by Gasteiger charge is 2.54. The largest absolute Gasteiger partial charge is 0.478 e. The second kappa shape index (κ2) is 4.64. The van der Waals surface area contributed by atoms with Gasteiger partial charge in [0.05, 0.1) is 0 Å². The molecule has 19 heavy (non-hydrogen) atoms. The highest BCUT2D eigenvalue weighted by molar-refractivity contribution is 6.00. The SMILES string of the molecule is O=C(O)c1cccnc1NC(=O)C1C2CCCCC21. The van der Waals surface area contributed by atoms with Gasteiger partial charge in [0.1, 0.15) is 11.4 Å². The van der Waals surface area contributed by atoms with Crippen molar-refractivity contribution in [2.24, 2.45) is 17.8 Å². The van der Waals surface area contributed by atoms with Crippen LogP contribution in [0.5, 0.6) is 0 Å². The van der Waals surface area contributed by atoms with Gasteiger partial charge >= 0.3 is 5.97 Å². The molecule has 1 heterocycles. The Morgan fingerprint density at radius 1 is 1.26 bits per heavy atom. The summed E-state index contributed by atoms with van der Waals surface area (Å²) in [6.07, 6.45) is 6.14. The van der Waals surface area contributed by atoms with E-state index in [-0.39, 0.29) is 23.2 Å². The first kappa shape index (κ1) is 12.1. The first-order valence-corrected chi connectivity index (χ1v) is 6.67. The van der Waals surface area contributed by atoms with E-state index in [9.17, 15) is 9.59 Å². The van der Waals surface area contributed by atoms with Crippen LogP contribution in [0.15, 0.2) is 18.3 Å². The molecule has 2 aliphatic rings. The maximum atomic E-state index is 12.2. The number of aromatic carboxylic acids is 1. The van der Waals surface area contributed by atoms with E-state index in [0.29, 0.717) is 11.8 Å². The Hall–Kier alpha value is -1.91. The van der Waals surface area contributed by atoms with Crippen LogP contribution in [0.4, 0.5) is 5.82 Å². The Bertz CT molecular complexity index is 517. The highest BCUT2D eigenvalue weighted by Crippen LogP contribution is 2.55. The van der Waals surface area contributed by atoms with E-state index in [1.54, 1.807) is 6.07 Å². The minimum absolute atomic E-state index is 0.0412. The van der Waals surface area contributed by atoms with E-state index in [4.69, 9.17) is 5.11 Å². The topological polar surface area (TPSA) is 79.3 Å². The minimum Gasteiger partial charge on any atom is -0.478 e. The molecule has 0 aromatic carbocycles. The van der Waals surface area contributed by atoms with E-state index < -0.39 is 5.97 Å². The average molecular weight is 260 g/mol. The van der Waals surface area contributed by atoms with Crippen molar-refractivity contribution in [3.63, 3.8) is 0 Å². The number of carbonyl (C=O) groups excluding carboxylic acids is 1. The summed E-state index contributed by atoms with van der Waals surface area (Å²) in [5, 5.41) is 11.7. The zero-order valence-electron chi connectivity index (χ0n) is 10.5. The van der Waals surface area contributed by atoms with Crippen LogP contribution in [-0.2, 0) is 4.79 Å². The maximum Gasteiger partial charge on any atom is 0.339 e. The van der Waals surface area contributed by atoms with E-state index in [2.05, 4.69) is 10.3 Å². The van der Waals surface area contributed by atoms with Crippen LogP contribution in [0.3, 0.4) is 0 Å². The van der Waals surface area contributed by atoms with Gasteiger partial charge in [0, 0.05) is 12.1 Å². The molecule has 5 nitrogen and oxygen atoms in total. The van der Waals surface area contributed by atoms with Gasteiger partial charge in [-0.1, -0.05) is 12.8 Å². The number of nitrogens with zero attached hydrogens (tertiary/aromatic N) is 1. The van der Waals surface area contributed by atoms with E-state index in [1.165, 1.54) is 25.1 Å². The van der Waals surface area contributed by atoms with Crippen molar-refractivity contribution in [2.75, 3.05) is 5.32 Å². The molecule has 0 radical (unpaired) electrons. The summed E-state index contributed by atoms with van der Waals surface area (Å²) in [4.78, 5) is 27.2. The lowest BCUT2D eigenvalue weighted by atomic mass is 10.0. The van der Waals surface area contributed by atoms with Gasteiger partial charge < -0.3 is 10.4 Å². The fourth-order valence-electron chi connectivity index (χ4n) is 3.26. The number of fused-ring (bicyclic) bond motifs is 1. The molecular weight excluding hydrogens is 244 g/mol. The third kappa shape index (κ3) is 2.20. The first-order valence-electron chi connectivity index (χ1n) is 6.67. The lowest BCUT2D eigenvalue weighted by molar-refractivity contribution is -0.117. The highest BCUT2D eigenvalue weighted by atomic mass is 16.4. The van der Waals surface area contributed by atoms with E-state index in [1.807, 2.05) is 0 Å². The van der Waals surface area contributed by atoms with Gasteiger partial charge in [0.15, 0.2) is 0 Å². The summed E-state index contributed by atoms with van der Waals surface area (Å²) < 4.78 is 0. The molecule has 100 valence electrons. The number of pyridine rings is 1. The molecule has 0 saturated heterocycles. The molecular formula is C14H16N2O3. The molecule has 3 rings (SSSR count). The number of nitrogens with one attached hydrogen (secondary N) is 1. The molecule has 2 atom stereocenters. The van der Waals surface area contributed by atoms with Crippen LogP contribution in [0.2, 0.25) is 0 Å². The van der Waals surface area contributed by atoms with Crippen LogP contribution in [0.25, 0.3) is 0 Å². The number of carboxylic acids is 1. The summed E-state index contributed by atoms with van der Waals surface area (Å²) >= 11 is 0. The second-order valence-electron chi connectivity index (χ2n) is 5.33. The van der Waals surface area contributed by atoms with Crippen molar-refractivity contribution in [3.8, 4) is 0 Å². The number of carbonyl (C=O) groups is 2. The van der Waals surface area contributed by atoms with Crippen LogP contribution in [0.1, 0.15) is 36.0 Å². The number of aromatic nitrogens is 1. The molecule has 2 unspecified atom stereocenters.